The molecule has 0 aliphatic carbocycles. The van der Waals surface area contributed by atoms with Crippen LogP contribution < -0.4 is 10.6 Å². The van der Waals surface area contributed by atoms with E-state index in [9.17, 15) is 19.5 Å². The van der Waals surface area contributed by atoms with Gasteiger partial charge in [0, 0.05) is 12.2 Å². The molecule has 2 aromatic carbocycles. The molecule has 2 bridgehead atoms. The Balaban J connectivity index is 1.54. The predicted octanol–water partition coefficient (Wildman–Crippen LogP) is 3.34. The Bertz CT molecular complexity index is 1260. The van der Waals surface area contributed by atoms with Crippen LogP contribution in [-0.2, 0) is 25.7 Å². The van der Waals surface area contributed by atoms with Crippen molar-refractivity contribution in [3.8, 4) is 0 Å². The minimum absolute atomic E-state index is 0.0568. The Morgan fingerprint density at radius 1 is 1.10 bits per heavy atom. The van der Waals surface area contributed by atoms with Gasteiger partial charge in [0.25, 0.3) is 0 Å². The standard InChI is InChI=1S/C31H39N3O5/c1-6-22(17-35)34-26(28(37)33-25-18(2)11-10-12-19(25)3)31-15-20(4)30(5,39-31)23(24(31)29(34)38)27(36)32-16-21-13-8-7-9-14-21/h7-14,20,22-24,26,35H,6,15-17H2,1-5H3,(H,32,36)(H,33,37)/t20?,22-,23-,24-,26?,30+,31?/m0/s1. The first-order valence-electron chi connectivity index (χ1n) is 13.9. The molecule has 0 saturated carbocycles. The van der Waals surface area contributed by atoms with Gasteiger partial charge in [-0.1, -0.05) is 62.4 Å². The number of nitrogens with zero attached hydrogens (tertiary/aromatic N) is 1. The van der Waals surface area contributed by atoms with E-state index in [1.807, 2.05) is 83.1 Å². The van der Waals surface area contributed by atoms with Gasteiger partial charge in [-0.05, 0) is 56.2 Å². The number of benzene rings is 2. The summed E-state index contributed by atoms with van der Waals surface area (Å²) in [5, 5.41) is 16.4. The molecule has 3 saturated heterocycles. The fourth-order valence-corrected chi connectivity index (χ4v) is 7.28. The first-order valence-corrected chi connectivity index (χ1v) is 13.9. The summed E-state index contributed by atoms with van der Waals surface area (Å²) in [5.74, 6) is -2.53. The highest BCUT2D eigenvalue weighted by molar-refractivity contribution is 6.04. The number of nitrogens with one attached hydrogen (secondary N) is 2. The number of ether oxygens (including phenoxy) is 1. The zero-order valence-electron chi connectivity index (χ0n) is 23.4. The van der Waals surface area contributed by atoms with E-state index >= 15 is 0 Å². The van der Waals surface area contributed by atoms with Crippen LogP contribution in [0.15, 0.2) is 48.5 Å². The zero-order valence-corrected chi connectivity index (χ0v) is 23.4. The van der Waals surface area contributed by atoms with Crippen molar-refractivity contribution >= 4 is 23.4 Å². The maximum atomic E-state index is 14.2. The van der Waals surface area contributed by atoms with Gasteiger partial charge in [0.15, 0.2) is 0 Å². The number of hydrogen-bond donors (Lipinski definition) is 3. The highest BCUT2D eigenvalue weighted by Gasteiger charge is 2.80. The second-order valence-electron chi connectivity index (χ2n) is 11.7. The molecule has 8 heteroatoms. The van der Waals surface area contributed by atoms with Gasteiger partial charge < -0.3 is 25.4 Å². The van der Waals surface area contributed by atoms with Crippen molar-refractivity contribution in [3.05, 3.63) is 65.2 Å². The highest BCUT2D eigenvalue weighted by atomic mass is 16.5. The maximum absolute atomic E-state index is 14.2. The predicted molar refractivity (Wildman–Crippen MR) is 148 cm³/mol. The second kappa shape index (κ2) is 10.1. The summed E-state index contributed by atoms with van der Waals surface area (Å²) < 4.78 is 6.78. The van der Waals surface area contributed by atoms with Gasteiger partial charge in [-0.15, -0.1) is 0 Å². The lowest BCUT2D eigenvalue weighted by molar-refractivity contribution is -0.149. The number of likely N-dealkylation sites (tertiary alicyclic amines) is 1. The fraction of sp³-hybridized carbons (Fsp3) is 0.516. The SMILES string of the molecule is CC[C@@H](CO)N1C(=O)[C@@H]2[C@@H](C(=O)NCc3ccccc3)[C@]3(C)OC2(CC3C)C1C(=O)Nc1c(C)cccc1C. The summed E-state index contributed by atoms with van der Waals surface area (Å²) in [5.41, 5.74) is 1.43. The molecular formula is C31H39N3O5. The quantitative estimate of drug-likeness (QED) is 0.483. The van der Waals surface area contributed by atoms with Crippen molar-refractivity contribution in [1.82, 2.24) is 10.2 Å². The molecule has 5 rings (SSSR count). The van der Waals surface area contributed by atoms with E-state index < -0.39 is 35.1 Å². The molecule has 1 spiro atoms. The van der Waals surface area contributed by atoms with Crippen molar-refractivity contribution in [2.24, 2.45) is 17.8 Å². The van der Waals surface area contributed by atoms with Crippen molar-refractivity contribution < 1.29 is 24.2 Å². The number of hydrogen-bond acceptors (Lipinski definition) is 5. The van der Waals surface area contributed by atoms with Crippen LogP contribution >= 0.6 is 0 Å². The number of carbonyl (C=O) groups excluding carboxylic acids is 3. The number of carbonyl (C=O) groups is 3. The van der Waals surface area contributed by atoms with Gasteiger partial charge >= 0.3 is 0 Å². The normalized spacial score (nSPS) is 31.7. The average Bonchev–Trinajstić information content (AvgIpc) is 3.43. The van der Waals surface area contributed by atoms with E-state index in [1.165, 1.54) is 4.90 Å². The summed E-state index contributed by atoms with van der Waals surface area (Å²) in [6.45, 7) is 9.72. The summed E-state index contributed by atoms with van der Waals surface area (Å²) >= 11 is 0. The summed E-state index contributed by atoms with van der Waals surface area (Å²) in [4.78, 5) is 43.7. The topological polar surface area (TPSA) is 108 Å². The average molecular weight is 534 g/mol. The minimum Gasteiger partial charge on any atom is -0.394 e. The monoisotopic (exact) mass is 533 g/mol. The first kappa shape index (κ1) is 27.3. The molecule has 39 heavy (non-hydrogen) atoms. The molecule has 3 amide bonds. The van der Waals surface area contributed by atoms with E-state index in [1.54, 1.807) is 0 Å². The fourth-order valence-electron chi connectivity index (χ4n) is 7.28. The second-order valence-corrected chi connectivity index (χ2v) is 11.7. The Hall–Kier alpha value is -3.23. The molecule has 0 aromatic heterocycles. The largest absolute Gasteiger partial charge is 0.394 e. The molecule has 7 atom stereocenters. The molecule has 0 radical (unpaired) electrons. The lowest BCUT2D eigenvalue weighted by Gasteiger charge is -2.36. The lowest BCUT2D eigenvalue weighted by Crippen LogP contribution is -2.56. The molecule has 3 aliphatic heterocycles. The van der Waals surface area contributed by atoms with Crippen LogP contribution in [-0.4, -0.2) is 57.6 Å². The van der Waals surface area contributed by atoms with E-state index in [-0.39, 0.29) is 30.2 Å². The van der Waals surface area contributed by atoms with E-state index in [4.69, 9.17) is 4.74 Å². The van der Waals surface area contributed by atoms with Crippen molar-refractivity contribution in [2.45, 2.75) is 77.3 Å². The molecule has 3 N–H and O–H groups in total. The van der Waals surface area contributed by atoms with Crippen LogP contribution in [0.3, 0.4) is 0 Å². The van der Waals surface area contributed by atoms with Gasteiger partial charge in [-0.2, -0.15) is 0 Å². The van der Waals surface area contributed by atoms with Crippen molar-refractivity contribution in [1.29, 1.82) is 0 Å². The third-order valence-corrected chi connectivity index (χ3v) is 9.40. The molecular weight excluding hydrogens is 494 g/mol. The number of fused-ring (bicyclic) bond motifs is 1. The van der Waals surface area contributed by atoms with Gasteiger partial charge in [-0.3, -0.25) is 14.4 Å². The first-order chi connectivity index (χ1) is 18.6. The number of aliphatic hydroxyl groups is 1. The number of para-hydroxylation sites is 1. The van der Waals surface area contributed by atoms with Crippen LogP contribution in [0, 0.1) is 31.6 Å². The Morgan fingerprint density at radius 2 is 1.77 bits per heavy atom. The van der Waals surface area contributed by atoms with Crippen LogP contribution in [0.5, 0.6) is 0 Å². The van der Waals surface area contributed by atoms with Gasteiger partial charge in [-0.25, -0.2) is 0 Å². The number of aliphatic hydroxyl groups excluding tert-OH is 1. The Labute approximate surface area is 230 Å². The van der Waals surface area contributed by atoms with Crippen LogP contribution in [0.25, 0.3) is 0 Å². The van der Waals surface area contributed by atoms with E-state index in [2.05, 4.69) is 10.6 Å². The number of amides is 3. The lowest BCUT2D eigenvalue weighted by atomic mass is 9.62. The molecule has 3 aliphatic rings. The Kier molecular flexibility index (Phi) is 7.06. The van der Waals surface area contributed by atoms with Crippen molar-refractivity contribution in [3.63, 3.8) is 0 Å². The van der Waals surface area contributed by atoms with Crippen LogP contribution in [0.1, 0.15) is 50.3 Å². The van der Waals surface area contributed by atoms with E-state index in [0.717, 1.165) is 16.7 Å². The molecule has 2 aromatic rings. The van der Waals surface area contributed by atoms with Gasteiger partial charge in [0.1, 0.15) is 11.6 Å². The van der Waals surface area contributed by atoms with Crippen LogP contribution in [0.2, 0.25) is 0 Å². The van der Waals surface area contributed by atoms with E-state index in [0.29, 0.717) is 25.1 Å². The number of rotatable bonds is 8. The highest BCUT2D eigenvalue weighted by Crippen LogP contribution is 2.65. The maximum Gasteiger partial charge on any atom is 0.250 e. The number of anilines is 1. The van der Waals surface area contributed by atoms with Gasteiger partial charge in [0.2, 0.25) is 17.7 Å². The Morgan fingerprint density at radius 3 is 2.38 bits per heavy atom. The summed E-state index contributed by atoms with van der Waals surface area (Å²) in [7, 11) is 0. The third-order valence-electron chi connectivity index (χ3n) is 9.40. The molecule has 3 fully saturated rings. The number of aryl methyl sites for hydroxylation is 2. The summed E-state index contributed by atoms with van der Waals surface area (Å²) in [6.07, 6.45) is 0.946. The van der Waals surface area contributed by atoms with Crippen LogP contribution in [0.4, 0.5) is 5.69 Å². The van der Waals surface area contributed by atoms with Crippen molar-refractivity contribution in [2.75, 3.05) is 11.9 Å². The molecule has 208 valence electrons. The summed E-state index contributed by atoms with van der Waals surface area (Å²) in [6, 6.07) is 13.9. The molecule has 3 heterocycles. The third kappa shape index (κ3) is 4.16. The molecule has 3 unspecified atom stereocenters. The smallest absolute Gasteiger partial charge is 0.250 e. The molecule has 8 nitrogen and oxygen atoms in total. The minimum atomic E-state index is -1.16. The van der Waals surface area contributed by atoms with Gasteiger partial charge in [0.05, 0.1) is 30.1 Å². The zero-order chi connectivity index (χ0) is 28.1.